The predicted octanol–water partition coefficient (Wildman–Crippen LogP) is 4.62. The van der Waals surface area contributed by atoms with Crippen molar-refractivity contribution in [2.45, 2.75) is 51.0 Å². The average molecular weight is 647 g/mol. The molecule has 1 fully saturated rings. The number of ether oxygens (including phenoxy) is 7. The third kappa shape index (κ3) is 4.70. The van der Waals surface area contributed by atoms with E-state index in [1.165, 1.54) is 14.2 Å². The van der Waals surface area contributed by atoms with Crippen molar-refractivity contribution in [2.24, 2.45) is 0 Å². The van der Waals surface area contributed by atoms with Crippen LogP contribution in [0.2, 0.25) is 0 Å². The highest BCUT2D eigenvalue weighted by Crippen LogP contribution is 2.58. The molecular formula is C36H42N2O9. The molecule has 0 unspecified atom stereocenters. The fourth-order valence-corrected chi connectivity index (χ4v) is 7.98. The number of fused-ring (bicyclic) bond motifs is 7. The van der Waals surface area contributed by atoms with E-state index >= 15 is 4.79 Å². The average Bonchev–Trinajstić information content (AvgIpc) is 3.07. The van der Waals surface area contributed by atoms with Crippen LogP contribution in [-0.4, -0.2) is 89.9 Å². The first-order chi connectivity index (χ1) is 22.7. The van der Waals surface area contributed by atoms with Gasteiger partial charge in [0.15, 0.2) is 28.8 Å². The Morgan fingerprint density at radius 3 is 1.83 bits per heavy atom. The lowest BCUT2D eigenvalue weighted by molar-refractivity contribution is -0.156. The van der Waals surface area contributed by atoms with Crippen molar-refractivity contribution in [1.82, 2.24) is 9.80 Å². The molecule has 0 spiro atoms. The second-order valence-corrected chi connectivity index (χ2v) is 12.0. The quantitative estimate of drug-likeness (QED) is 0.310. The van der Waals surface area contributed by atoms with Crippen LogP contribution >= 0.6 is 0 Å². The van der Waals surface area contributed by atoms with Crippen molar-refractivity contribution in [3.05, 3.63) is 69.3 Å². The second-order valence-electron chi connectivity index (χ2n) is 12.0. The summed E-state index contributed by atoms with van der Waals surface area (Å²) < 4.78 is 41.9. The van der Waals surface area contributed by atoms with E-state index in [9.17, 15) is 4.79 Å². The largest absolute Gasteiger partial charge is 0.496 e. The Morgan fingerprint density at radius 2 is 1.26 bits per heavy atom. The van der Waals surface area contributed by atoms with Crippen LogP contribution in [0.4, 0.5) is 0 Å². The number of hydrogen-bond acceptors (Lipinski definition) is 10. The van der Waals surface area contributed by atoms with Gasteiger partial charge < -0.3 is 38.1 Å². The Bertz CT molecular complexity index is 1720. The molecule has 11 nitrogen and oxygen atoms in total. The number of piperazine rings is 1. The van der Waals surface area contributed by atoms with Gasteiger partial charge in [0.1, 0.15) is 17.5 Å². The topological polar surface area (TPSA) is 105 Å². The number of rotatable bonds is 10. The molecule has 3 aliphatic heterocycles. The van der Waals surface area contributed by atoms with E-state index in [0.717, 1.165) is 22.3 Å². The van der Waals surface area contributed by atoms with Crippen molar-refractivity contribution in [2.75, 3.05) is 56.3 Å². The van der Waals surface area contributed by atoms with E-state index in [-0.39, 0.29) is 18.3 Å². The summed E-state index contributed by atoms with van der Waals surface area (Å²) in [4.78, 5) is 33.6. The van der Waals surface area contributed by atoms with Gasteiger partial charge in [0.25, 0.3) is 0 Å². The monoisotopic (exact) mass is 646 g/mol. The number of likely N-dealkylation sites (N-methyl/N-ethyl adjacent to an activating group) is 1. The fourth-order valence-electron chi connectivity index (χ4n) is 7.98. The summed E-state index contributed by atoms with van der Waals surface area (Å²) >= 11 is 0. The molecule has 47 heavy (non-hydrogen) atoms. The van der Waals surface area contributed by atoms with Crippen LogP contribution in [0.25, 0.3) is 0 Å². The van der Waals surface area contributed by atoms with Gasteiger partial charge in [0.2, 0.25) is 5.91 Å². The van der Waals surface area contributed by atoms with Gasteiger partial charge in [-0.05, 0) is 26.5 Å². The highest BCUT2D eigenvalue weighted by atomic mass is 16.5. The van der Waals surface area contributed by atoms with Crippen LogP contribution < -0.4 is 28.4 Å². The standard InChI is InChI=1S/C36H42N2O9/c1-18-30(41-4)21-15-22-36(40)38-23(17-47-16-20-13-11-10-12-14-20)25-26(31(42-5)19(2)33(44-7)35(25)46-9)29(39)28(38)27(37(22)3)24(21)34(45-8)32(18)43-6/h10-14,22-23,27-28H,15-17H2,1-9H3/t22-,23-,27-,28-/m1/s1. The first-order valence-corrected chi connectivity index (χ1v) is 15.5. The molecule has 11 heteroatoms. The molecule has 3 aromatic carbocycles. The lowest BCUT2D eigenvalue weighted by Gasteiger charge is -2.56. The van der Waals surface area contributed by atoms with Gasteiger partial charge in [-0.15, -0.1) is 0 Å². The Morgan fingerprint density at radius 1 is 0.702 bits per heavy atom. The third-order valence-corrected chi connectivity index (χ3v) is 9.92. The highest BCUT2D eigenvalue weighted by molar-refractivity contribution is 6.10. The molecule has 0 N–H and O–H groups in total. The summed E-state index contributed by atoms with van der Waals surface area (Å²) in [6.07, 6.45) is 0.352. The third-order valence-electron chi connectivity index (χ3n) is 9.92. The van der Waals surface area contributed by atoms with Crippen LogP contribution in [0.1, 0.15) is 55.8 Å². The van der Waals surface area contributed by atoms with Crippen molar-refractivity contribution >= 4 is 11.7 Å². The number of carbonyl (C=O) groups excluding carboxylic acids is 2. The van der Waals surface area contributed by atoms with Crippen molar-refractivity contribution in [1.29, 1.82) is 0 Å². The van der Waals surface area contributed by atoms with Crippen LogP contribution in [0.3, 0.4) is 0 Å². The number of nitrogens with zero attached hydrogens (tertiary/aromatic N) is 2. The number of benzene rings is 3. The summed E-state index contributed by atoms with van der Waals surface area (Å²) in [6, 6.07) is 6.96. The molecule has 6 rings (SSSR count). The molecule has 1 amide bonds. The summed E-state index contributed by atoms with van der Waals surface area (Å²) in [5.41, 5.74) is 4.79. The lowest BCUT2D eigenvalue weighted by atomic mass is 9.72. The van der Waals surface area contributed by atoms with Gasteiger partial charge in [-0.2, -0.15) is 0 Å². The van der Waals surface area contributed by atoms with E-state index in [4.69, 9.17) is 33.2 Å². The van der Waals surface area contributed by atoms with E-state index in [1.807, 2.05) is 56.1 Å². The number of amides is 1. The minimum Gasteiger partial charge on any atom is -0.496 e. The molecule has 250 valence electrons. The van der Waals surface area contributed by atoms with Crippen LogP contribution in [0.15, 0.2) is 30.3 Å². The van der Waals surface area contributed by atoms with E-state index in [2.05, 4.69) is 0 Å². The maximum Gasteiger partial charge on any atom is 0.241 e. The molecule has 0 radical (unpaired) electrons. The zero-order valence-corrected chi connectivity index (χ0v) is 28.4. The van der Waals surface area contributed by atoms with Crippen molar-refractivity contribution < 1.29 is 42.7 Å². The Kier molecular flexibility index (Phi) is 8.71. The molecule has 3 aromatic rings. The molecule has 1 saturated heterocycles. The van der Waals surface area contributed by atoms with E-state index in [1.54, 1.807) is 33.3 Å². The first kappa shape index (κ1) is 32.5. The second kappa shape index (κ2) is 12.6. The number of hydrogen-bond donors (Lipinski definition) is 0. The lowest BCUT2D eigenvalue weighted by Crippen LogP contribution is -2.68. The minimum atomic E-state index is -0.960. The predicted molar refractivity (Wildman–Crippen MR) is 173 cm³/mol. The van der Waals surface area contributed by atoms with Gasteiger partial charge in [-0.1, -0.05) is 30.3 Å². The maximum absolute atomic E-state index is 15.1. The zero-order valence-electron chi connectivity index (χ0n) is 28.4. The molecule has 2 bridgehead atoms. The molecule has 3 aliphatic rings. The SMILES string of the molecule is COc1c(C)c(OC)c(OC)c2c1C[C@@H]1C(=O)N3[C@H](COCc4ccccc4)c4c(OC)c(OC)c(C)c(OC)c4C(=O)[C@H]3[C@@H]2N1C. The fraction of sp³-hybridized carbons (Fsp3) is 0.444. The van der Waals surface area contributed by atoms with Crippen molar-refractivity contribution in [3.63, 3.8) is 0 Å². The van der Waals surface area contributed by atoms with Crippen molar-refractivity contribution in [3.8, 4) is 34.5 Å². The van der Waals surface area contributed by atoms with Crippen LogP contribution in [-0.2, 0) is 22.6 Å². The van der Waals surface area contributed by atoms with Gasteiger partial charge in [-0.3, -0.25) is 14.5 Å². The summed E-state index contributed by atoms with van der Waals surface area (Å²) in [5, 5.41) is 0. The highest BCUT2D eigenvalue weighted by Gasteiger charge is 2.59. The van der Waals surface area contributed by atoms with Gasteiger partial charge in [-0.25, -0.2) is 0 Å². The minimum absolute atomic E-state index is 0.0941. The normalized spacial score (nSPS) is 21.4. The molecule has 3 heterocycles. The molecule has 0 aliphatic carbocycles. The molecule has 0 aromatic heterocycles. The Balaban J connectivity index is 1.62. The summed E-state index contributed by atoms with van der Waals surface area (Å²) in [7, 11) is 11.3. The van der Waals surface area contributed by atoms with E-state index < -0.39 is 24.2 Å². The zero-order chi connectivity index (χ0) is 33.7. The first-order valence-electron chi connectivity index (χ1n) is 15.5. The molecule has 4 atom stereocenters. The van der Waals surface area contributed by atoms with E-state index in [0.29, 0.717) is 64.2 Å². The van der Waals surface area contributed by atoms with Gasteiger partial charge in [0, 0.05) is 34.2 Å². The number of methoxy groups -OCH3 is 6. The maximum atomic E-state index is 15.1. The number of carbonyl (C=O) groups is 2. The number of Topliss-reactive ketones (excluding diaryl/α,β-unsaturated/α-hetero) is 1. The number of ketones is 1. The molecular weight excluding hydrogens is 604 g/mol. The summed E-state index contributed by atoms with van der Waals surface area (Å²) in [6.45, 7) is 4.13. The van der Waals surface area contributed by atoms with Gasteiger partial charge >= 0.3 is 0 Å². The smallest absolute Gasteiger partial charge is 0.241 e. The van der Waals surface area contributed by atoms with Gasteiger partial charge in [0.05, 0.1) is 79.6 Å². The van der Waals surface area contributed by atoms with Crippen LogP contribution in [0, 0.1) is 13.8 Å². The van der Waals surface area contributed by atoms with Crippen LogP contribution in [0.5, 0.6) is 34.5 Å². The Labute approximate surface area is 275 Å². The Hall–Kier alpha value is -4.48. The summed E-state index contributed by atoms with van der Waals surface area (Å²) in [5.74, 6) is 2.35. The molecule has 0 saturated carbocycles.